The molecule has 1 aromatic rings. The Morgan fingerprint density at radius 2 is 2.00 bits per heavy atom. The fraction of sp³-hybridized carbons (Fsp3) is 0.600. The minimum absolute atomic E-state index is 0.740. The van der Waals surface area contributed by atoms with Crippen LogP contribution >= 0.6 is 11.6 Å². The topological polar surface area (TPSA) is 21.3 Å². The van der Waals surface area contributed by atoms with Crippen molar-refractivity contribution in [1.29, 1.82) is 0 Å². The number of hydrogen-bond donors (Lipinski definition) is 1. The number of halogens is 1. The molecule has 2 nitrogen and oxygen atoms in total. The maximum absolute atomic E-state index is 6.29. The molecule has 0 spiro atoms. The summed E-state index contributed by atoms with van der Waals surface area (Å²) in [5.74, 6) is 1.62. The molecule has 2 rings (SSSR count). The first-order valence-corrected chi connectivity index (χ1v) is 7.04. The third-order valence-electron chi connectivity index (χ3n) is 4.03. The lowest BCUT2D eigenvalue weighted by molar-refractivity contribution is 0.360. The average Bonchev–Trinajstić information content (AvgIpc) is 2.37. The van der Waals surface area contributed by atoms with E-state index in [9.17, 15) is 0 Å². The molecule has 1 heterocycles. The zero-order valence-electron chi connectivity index (χ0n) is 11.5. The van der Waals surface area contributed by atoms with Gasteiger partial charge in [-0.1, -0.05) is 11.6 Å². The predicted octanol–water partition coefficient (Wildman–Crippen LogP) is 3.51. The molecule has 3 heteroatoms. The van der Waals surface area contributed by atoms with Crippen molar-refractivity contribution in [3.8, 4) is 5.75 Å². The summed E-state index contributed by atoms with van der Waals surface area (Å²) >= 11 is 6.29. The molecule has 0 aromatic heterocycles. The molecule has 1 fully saturated rings. The van der Waals surface area contributed by atoms with E-state index in [-0.39, 0.29) is 0 Å². The molecule has 1 aliphatic rings. The van der Waals surface area contributed by atoms with Crippen molar-refractivity contribution in [2.24, 2.45) is 5.92 Å². The minimum atomic E-state index is 0.740. The number of aryl methyl sites for hydroxylation is 1. The lowest BCUT2D eigenvalue weighted by Crippen LogP contribution is -2.28. The maximum atomic E-state index is 6.29. The summed E-state index contributed by atoms with van der Waals surface area (Å²) < 4.78 is 5.51. The monoisotopic (exact) mass is 267 g/mol. The minimum Gasteiger partial charge on any atom is -0.495 e. The molecule has 0 bridgehead atoms. The molecule has 1 aromatic carbocycles. The van der Waals surface area contributed by atoms with E-state index >= 15 is 0 Å². The highest BCUT2D eigenvalue weighted by Gasteiger charge is 2.19. The van der Waals surface area contributed by atoms with Crippen LogP contribution in [0.5, 0.6) is 5.75 Å². The molecular weight excluding hydrogens is 246 g/mol. The Kier molecular flexibility index (Phi) is 4.52. The first-order valence-electron chi connectivity index (χ1n) is 6.66. The van der Waals surface area contributed by atoms with Crippen LogP contribution in [-0.2, 0) is 6.42 Å². The standard InChI is InChI=1S/C15H22ClNO/c1-10-8-14(16)15(18-3)13(11(10)2)9-12-4-6-17-7-5-12/h8,12,17H,4-7,9H2,1-3H3. The highest BCUT2D eigenvalue weighted by molar-refractivity contribution is 6.32. The first-order chi connectivity index (χ1) is 8.63. The number of benzene rings is 1. The third kappa shape index (κ3) is 2.81. The van der Waals surface area contributed by atoms with Gasteiger partial charge in [-0.25, -0.2) is 0 Å². The van der Waals surface area contributed by atoms with E-state index in [4.69, 9.17) is 16.3 Å². The highest BCUT2D eigenvalue weighted by atomic mass is 35.5. The van der Waals surface area contributed by atoms with Crippen LogP contribution in [0.4, 0.5) is 0 Å². The first kappa shape index (κ1) is 13.7. The van der Waals surface area contributed by atoms with E-state index in [1.807, 2.05) is 6.07 Å². The van der Waals surface area contributed by atoms with Crippen LogP contribution in [0.3, 0.4) is 0 Å². The van der Waals surface area contributed by atoms with Crippen molar-refractivity contribution >= 4 is 11.6 Å². The number of rotatable bonds is 3. The van der Waals surface area contributed by atoms with Gasteiger partial charge in [0.05, 0.1) is 12.1 Å². The second kappa shape index (κ2) is 5.94. The number of piperidine rings is 1. The van der Waals surface area contributed by atoms with E-state index in [1.165, 1.54) is 29.5 Å². The molecule has 100 valence electrons. The fourth-order valence-electron chi connectivity index (χ4n) is 2.76. The zero-order chi connectivity index (χ0) is 13.1. The van der Waals surface area contributed by atoms with E-state index in [0.29, 0.717) is 0 Å². The van der Waals surface area contributed by atoms with Gasteiger partial charge in [0, 0.05) is 0 Å². The maximum Gasteiger partial charge on any atom is 0.140 e. The van der Waals surface area contributed by atoms with E-state index in [2.05, 4.69) is 19.2 Å². The summed E-state index contributed by atoms with van der Waals surface area (Å²) in [6.45, 7) is 6.55. The lowest BCUT2D eigenvalue weighted by atomic mass is 9.87. The van der Waals surface area contributed by atoms with Gasteiger partial charge in [-0.15, -0.1) is 0 Å². The van der Waals surface area contributed by atoms with Crippen LogP contribution in [0.2, 0.25) is 5.02 Å². The van der Waals surface area contributed by atoms with Gasteiger partial charge in [0.25, 0.3) is 0 Å². The van der Waals surface area contributed by atoms with Crippen molar-refractivity contribution < 1.29 is 4.74 Å². The molecule has 1 aliphatic heterocycles. The molecule has 0 unspecified atom stereocenters. The second-order valence-corrected chi connectivity index (χ2v) is 5.62. The molecule has 0 amide bonds. The second-order valence-electron chi connectivity index (χ2n) is 5.21. The number of ether oxygens (including phenoxy) is 1. The molecule has 0 atom stereocenters. The van der Waals surface area contributed by atoms with E-state index in [0.717, 1.165) is 36.2 Å². The van der Waals surface area contributed by atoms with E-state index in [1.54, 1.807) is 7.11 Å². The van der Waals surface area contributed by atoms with Gasteiger partial charge in [0.15, 0.2) is 0 Å². The summed E-state index contributed by atoms with van der Waals surface area (Å²) in [5.41, 5.74) is 3.88. The summed E-state index contributed by atoms with van der Waals surface area (Å²) in [7, 11) is 1.71. The van der Waals surface area contributed by atoms with Gasteiger partial charge < -0.3 is 10.1 Å². The Balaban J connectivity index is 2.29. The summed E-state index contributed by atoms with van der Waals surface area (Å²) in [4.78, 5) is 0. The summed E-state index contributed by atoms with van der Waals surface area (Å²) in [5, 5.41) is 4.15. The third-order valence-corrected chi connectivity index (χ3v) is 4.31. The Morgan fingerprint density at radius 1 is 1.33 bits per heavy atom. The summed E-state index contributed by atoms with van der Waals surface area (Å²) in [6, 6.07) is 2.00. The SMILES string of the molecule is COc1c(Cl)cc(C)c(C)c1CC1CCNCC1. The molecule has 18 heavy (non-hydrogen) atoms. The van der Waals surface area contributed by atoms with Gasteiger partial charge in [0.1, 0.15) is 5.75 Å². The zero-order valence-corrected chi connectivity index (χ0v) is 12.2. The fourth-order valence-corrected chi connectivity index (χ4v) is 3.11. The highest BCUT2D eigenvalue weighted by Crippen LogP contribution is 2.35. The van der Waals surface area contributed by atoms with Gasteiger partial charge in [-0.3, -0.25) is 0 Å². The van der Waals surface area contributed by atoms with Crippen molar-refractivity contribution in [1.82, 2.24) is 5.32 Å². The average molecular weight is 268 g/mol. The van der Waals surface area contributed by atoms with Gasteiger partial charge >= 0.3 is 0 Å². The van der Waals surface area contributed by atoms with Crippen LogP contribution in [-0.4, -0.2) is 20.2 Å². The summed E-state index contributed by atoms with van der Waals surface area (Å²) in [6.07, 6.45) is 3.57. The largest absolute Gasteiger partial charge is 0.495 e. The molecule has 0 aliphatic carbocycles. The molecule has 0 radical (unpaired) electrons. The van der Waals surface area contributed by atoms with Gasteiger partial charge in [0.2, 0.25) is 0 Å². The van der Waals surface area contributed by atoms with E-state index < -0.39 is 0 Å². The molecule has 1 saturated heterocycles. The van der Waals surface area contributed by atoms with Gasteiger partial charge in [-0.2, -0.15) is 0 Å². The van der Waals surface area contributed by atoms with Crippen LogP contribution < -0.4 is 10.1 Å². The van der Waals surface area contributed by atoms with Crippen molar-refractivity contribution in [3.05, 3.63) is 27.8 Å². The van der Waals surface area contributed by atoms with Crippen LogP contribution in [0, 0.1) is 19.8 Å². The Hall–Kier alpha value is -0.730. The lowest BCUT2D eigenvalue weighted by Gasteiger charge is -2.25. The normalized spacial score (nSPS) is 16.9. The molecule has 1 N–H and O–H groups in total. The predicted molar refractivity (Wildman–Crippen MR) is 76.8 cm³/mol. The molecule has 0 saturated carbocycles. The van der Waals surface area contributed by atoms with Crippen LogP contribution in [0.15, 0.2) is 6.07 Å². The van der Waals surface area contributed by atoms with Crippen molar-refractivity contribution in [2.45, 2.75) is 33.1 Å². The van der Waals surface area contributed by atoms with Crippen molar-refractivity contribution in [3.63, 3.8) is 0 Å². The Morgan fingerprint density at radius 3 is 2.61 bits per heavy atom. The van der Waals surface area contributed by atoms with Gasteiger partial charge in [-0.05, 0) is 74.9 Å². The molecular formula is C15H22ClNO. The van der Waals surface area contributed by atoms with Crippen LogP contribution in [0.25, 0.3) is 0 Å². The quantitative estimate of drug-likeness (QED) is 0.905. The smallest absolute Gasteiger partial charge is 0.140 e. The number of nitrogens with one attached hydrogen (secondary N) is 1. The number of hydrogen-bond acceptors (Lipinski definition) is 2. The Labute approximate surface area is 115 Å². The van der Waals surface area contributed by atoms with Crippen LogP contribution in [0.1, 0.15) is 29.5 Å². The number of methoxy groups -OCH3 is 1. The van der Waals surface area contributed by atoms with Crippen molar-refractivity contribution in [2.75, 3.05) is 20.2 Å². The Bertz CT molecular complexity index is 425.